The maximum absolute atomic E-state index is 12.8. The number of ether oxygens (including phenoxy) is 1. The van der Waals surface area contributed by atoms with E-state index >= 15 is 0 Å². The molecule has 0 unspecified atom stereocenters. The molecule has 0 radical (unpaired) electrons. The molecular formula is C19H21F3N2O2S. The molecule has 1 saturated heterocycles. The Balaban J connectivity index is 1.73. The van der Waals surface area contributed by atoms with E-state index in [0.717, 1.165) is 37.1 Å². The number of piperidine rings is 1. The molecule has 2 aromatic rings. The molecule has 0 amide bonds. The number of thiazole rings is 1. The molecule has 0 aliphatic carbocycles. The summed E-state index contributed by atoms with van der Waals surface area (Å²) in [4.78, 5) is 18.9. The number of halogens is 3. The summed E-state index contributed by atoms with van der Waals surface area (Å²) in [5.74, 6) is -0.368. The normalized spacial score (nSPS) is 21.2. The van der Waals surface area contributed by atoms with Gasteiger partial charge in [-0.2, -0.15) is 13.2 Å². The highest BCUT2D eigenvalue weighted by Crippen LogP contribution is 2.37. The average molecular weight is 398 g/mol. The first-order valence-electron chi connectivity index (χ1n) is 8.72. The second-order valence-corrected chi connectivity index (χ2v) is 7.67. The van der Waals surface area contributed by atoms with Gasteiger partial charge in [-0.25, -0.2) is 9.78 Å². The molecule has 4 nitrogen and oxygen atoms in total. The van der Waals surface area contributed by atoms with E-state index in [1.807, 2.05) is 7.05 Å². The number of hydrogen-bond acceptors (Lipinski definition) is 5. The number of nitrogens with zero attached hydrogens (tertiary/aromatic N) is 2. The molecule has 2 heterocycles. The third-order valence-corrected chi connectivity index (χ3v) is 5.85. The number of aromatic nitrogens is 1. The van der Waals surface area contributed by atoms with Crippen LogP contribution < -0.4 is 0 Å². The highest BCUT2D eigenvalue weighted by Gasteiger charge is 2.34. The second-order valence-electron chi connectivity index (χ2n) is 6.81. The molecule has 1 fully saturated rings. The van der Waals surface area contributed by atoms with E-state index < -0.39 is 17.7 Å². The van der Waals surface area contributed by atoms with Gasteiger partial charge in [0.25, 0.3) is 0 Å². The van der Waals surface area contributed by atoms with E-state index in [9.17, 15) is 18.0 Å². The van der Waals surface area contributed by atoms with Gasteiger partial charge in [-0.1, -0.05) is 12.1 Å². The van der Waals surface area contributed by atoms with Crippen molar-refractivity contribution in [2.45, 2.75) is 32.0 Å². The Morgan fingerprint density at radius 2 is 2.04 bits per heavy atom. The summed E-state index contributed by atoms with van der Waals surface area (Å²) in [6.07, 6.45) is -2.54. The Hall–Kier alpha value is -1.93. The highest BCUT2D eigenvalue weighted by atomic mass is 32.1. The van der Waals surface area contributed by atoms with E-state index in [-0.39, 0.29) is 18.6 Å². The molecular weight excluding hydrogens is 377 g/mol. The van der Waals surface area contributed by atoms with Gasteiger partial charge in [-0.15, -0.1) is 11.3 Å². The van der Waals surface area contributed by atoms with Gasteiger partial charge in [0.05, 0.1) is 23.4 Å². The zero-order valence-corrected chi connectivity index (χ0v) is 15.9. The van der Waals surface area contributed by atoms with Crippen LogP contribution in [0.4, 0.5) is 13.2 Å². The predicted octanol–water partition coefficient (Wildman–Crippen LogP) is 4.71. The summed E-state index contributed by atoms with van der Waals surface area (Å²) in [7, 11) is 1.95. The van der Waals surface area contributed by atoms with Crippen molar-refractivity contribution in [2.24, 2.45) is 5.92 Å². The fourth-order valence-corrected chi connectivity index (χ4v) is 4.27. The second kappa shape index (κ2) is 7.98. The first-order chi connectivity index (χ1) is 12.8. The zero-order chi connectivity index (χ0) is 19.6. The van der Waals surface area contributed by atoms with Crippen molar-refractivity contribution in [2.75, 3.05) is 20.2 Å². The number of likely N-dealkylation sites (tertiary alicyclic amines) is 1. The van der Waals surface area contributed by atoms with Crippen molar-refractivity contribution in [3.8, 4) is 0 Å². The third kappa shape index (κ3) is 4.50. The molecule has 27 heavy (non-hydrogen) atoms. The Morgan fingerprint density at radius 1 is 1.33 bits per heavy atom. The lowest BCUT2D eigenvalue weighted by atomic mass is 9.85. The molecule has 146 valence electrons. The number of carbonyl (C=O) groups is 1. The van der Waals surface area contributed by atoms with Crippen molar-refractivity contribution < 1.29 is 22.7 Å². The molecule has 1 aliphatic heterocycles. The minimum atomic E-state index is -4.35. The van der Waals surface area contributed by atoms with Crippen LogP contribution in [0.5, 0.6) is 0 Å². The summed E-state index contributed by atoms with van der Waals surface area (Å²) in [6, 6.07) is 5.19. The number of esters is 1. The summed E-state index contributed by atoms with van der Waals surface area (Å²) in [5, 5.41) is 0. The topological polar surface area (TPSA) is 42.4 Å². The van der Waals surface area contributed by atoms with E-state index in [1.165, 1.54) is 23.5 Å². The van der Waals surface area contributed by atoms with Crippen LogP contribution in [0, 0.1) is 12.8 Å². The van der Waals surface area contributed by atoms with Crippen molar-refractivity contribution in [1.29, 1.82) is 0 Å². The van der Waals surface area contributed by atoms with Crippen molar-refractivity contribution in [3.05, 3.63) is 51.5 Å². The molecule has 1 aromatic carbocycles. The standard InChI is InChI=1S/C19H21F3N2O2S/c1-12-17(27-11-23-12)18(25)26-10-14-4-3-9-24(2)16(14)13-5-7-15(8-6-13)19(20,21)22/h5-8,11,14,16H,3-4,9-10H2,1-2H3/t14-,16-/m0/s1. The van der Waals surface area contributed by atoms with Gasteiger partial charge in [-0.3, -0.25) is 4.90 Å². The number of aryl methyl sites for hydroxylation is 1. The lowest BCUT2D eigenvalue weighted by molar-refractivity contribution is -0.137. The molecule has 1 aliphatic rings. The summed E-state index contributed by atoms with van der Waals surface area (Å²) >= 11 is 1.24. The molecule has 2 atom stereocenters. The number of hydrogen-bond donors (Lipinski definition) is 0. The van der Waals surface area contributed by atoms with Gasteiger partial charge in [0.2, 0.25) is 0 Å². The fourth-order valence-electron chi connectivity index (χ4n) is 3.58. The smallest absolute Gasteiger partial charge is 0.416 e. The van der Waals surface area contributed by atoms with Crippen molar-refractivity contribution >= 4 is 17.3 Å². The molecule has 8 heteroatoms. The Morgan fingerprint density at radius 3 is 2.63 bits per heavy atom. The van der Waals surface area contributed by atoms with Gasteiger partial charge >= 0.3 is 12.1 Å². The quantitative estimate of drug-likeness (QED) is 0.700. The fraction of sp³-hybridized carbons (Fsp3) is 0.474. The van der Waals surface area contributed by atoms with Crippen LogP contribution in [0.15, 0.2) is 29.8 Å². The van der Waals surface area contributed by atoms with Gasteiger partial charge < -0.3 is 4.74 Å². The maximum Gasteiger partial charge on any atom is 0.416 e. The van der Waals surface area contributed by atoms with Crippen LogP contribution in [0.1, 0.15) is 45.4 Å². The van der Waals surface area contributed by atoms with Crippen LogP contribution in [-0.4, -0.2) is 36.1 Å². The lowest BCUT2D eigenvalue weighted by Gasteiger charge is -2.39. The number of benzene rings is 1. The molecule has 0 N–H and O–H groups in total. The molecule has 0 saturated carbocycles. The van der Waals surface area contributed by atoms with Crippen LogP contribution >= 0.6 is 11.3 Å². The average Bonchev–Trinajstić information content (AvgIpc) is 3.05. The van der Waals surface area contributed by atoms with Crippen molar-refractivity contribution in [3.63, 3.8) is 0 Å². The van der Waals surface area contributed by atoms with Crippen LogP contribution in [0.3, 0.4) is 0 Å². The van der Waals surface area contributed by atoms with E-state index in [0.29, 0.717) is 10.6 Å². The lowest BCUT2D eigenvalue weighted by Crippen LogP contribution is -2.38. The van der Waals surface area contributed by atoms with E-state index in [1.54, 1.807) is 12.4 Å². The molecule has 0 bridgehead atoms. The van der Waals surface area contributed by atoms with Crippen molar-refractivity contribution in [1.82, 2.24) is 9.88 Å². The van der Waals surface area contributed by atoms with E-state index in [2.05, 4.69) is 9.88 Å². The first kappa shape index (κ1) is 19.8. The Bertz CT molecular complexity index is 789. The zero-order valence-electron chi connectivity index (χ0n) is 15.1. The van der Waals surface area contributed by atoms with Crippen LogP contribution in [-0.2, 0) is 10.9 Å². The Kier molecular flexibility index (Phi) is 5.86. The van der Waals surface area contributed by atoms with Gasteiger partial charge in [0.15, 0.2) is 0 Å². The monoisotopic (exact) mass is 398 g/mol. The molecule has 3 rings (SSSR count). The van der Waals surface area contributed by atoms with Crippen LogP contribution in [0.2, 0.25) is 0 Å². The minimum absolute atomic E-state index is 0.0256. The predicted molar refractivity (Wildman–Crippen MR) is 96.7 cm³/mol. The highest BCUT2D eigenvalue weighted by molar-refractivity contribution is 7.11. The number of alkyl halides is 3. The third-order valence-electron chi connectivity index (χ3n) is 4.95. The molecule has 0 spiro atoms. The molecule has 1 aromatic heterocycles. The van der Waals surface area contributed by atoms with E-state index in [4.69, 9.17) is 4.74 Å². The largest absolute Gasteiger partial charge is 0.461 e. The maximum atomic E-state index is 12.8. The number of rotatable bonds is 4. The SMILES string of the molecule is Cc1ncsc1C(=O)OC[C@@H]1CCCN(C)[C@H]1c1ccc(C(F)(F)F)cc1. The summed E-state index contributed by atoms with van der Waals surface area (Å²) in [5.41, 5.74) is 2.39. The van der Waals surface area contributed by atoms with Gasteiger partial charge in [0.1, 0.15) is 4.88 Å². The Labute approximate surface area is 160 Å². The van der Waals surface area contributed by atoms with Gasteiger partial charge in [-0.05, 0) is 51.1 Å². The van der Waals surface area contributed by atoms with Gasteiger partial charge in [0, 0.05) is 12.0 Å². The number of carbonyl (C=O) groups excluding carboxylic acids is 1. The minimum Gasteiger partial charge on any atom is -0.461 e. The summed E-state index contributed by atoms with van der Waals surface area (Å²) in [6.45, 7) is 2.84. The first-order valence-corrected chi connectivity index (χ1v) is 9.60. The van der Waals surface area contributed by atoms with Crippen LogP contribution in [0.25, 0.3) is 0 Å². The summed E-state index contributed by atoms with van der Waals surface area (Å²) < 4.78 is 44.0.